The molecule has 0 aliphatic heterocycles. The normalized spacial score (nSPS) is 12.3. The number of nitrogens with one attached hydrogen (secondary N) is 2. The molecule has 0 bridgehead atoms. The maximum Gasteiger partial charge on any atom is 0.257 e. The average molecular weight is 466 g/mol. The van der Waals surface area contributed by atoms with Crippen molar-refractivity contribution in [3.8, 4) is 0 Å². The number of halogens is 1. The first-order valence-electron chi connectivity index (χ1n) is 10.2. The number of thiophene rings is 1. The molecule has 1 atom stereocenters. The first kappa shape index (κ1) is 22.5. The van der Waals surface area contributed by atoms with E-state index >= 15 is 0 Å². The van der Waals surface area contributed by atoms with Crippen molar-refractivity contribution in [1.29, 1.82) is 0 Å². The third-order valence-electron chi connectivity index (χ3n) is 5.06. The van der Waals surface area contributed by atoms with Crippen LogP contribution >= 0.6 is 11.3 Å². The van der Waals surface area contributed by atoms with Gasteiger partial charge in [0.05, 0.1) is 16.0 Å². The standard InChI is InChI=1S/C24H21FN4O3S/c1-29-14-19(23(32)28-11-15-5-7-16(25)8-6-15)22(31)18-10-17(33-24(18)29)12-26-13-21(30)20-4-2-3-9-27-20/h2-10,12,14,21,30H,11,13H2,1H3,(H,28,32)/p+1/t21-/m1/s1. The molecule has 4 aromatic rings. The van der Waals surface area contributed by atoms with Crippen molar-refractivity contribution in [3.63, 3.8) is 0 Å². The van der Waals surface area contributed by atoms with Gasteiger partial charge in [0.25, 0.3) is 5.91 Å². The second kappa shape index (κ2) is 9.85. The summed E-state index contributed by atoms with van der Waals surface area (Å²) < 4.78 is 14.8. The Kier molecular flexibility index (Phi) is 6.71. The van der Waals surface area contributed by atoms with Crippen molar-refractivity contribution in [3.05, 3.63) is 98.7 Å². The number of hydrogen-bond donors (Lipinski definition) is 3. The lowest BCUT2D eigenvalue weighted by Crippen LogP contribution is -2.70. The van der Waals surface area contributed by atoms with Crippen LogP contribution in [0.15, 0.2) is 65.7 Å². The summed E-state index contributed by atoms with van der Waals surface area (Å²) in [6.07, 6.45) is 4.10. The van der Waals surface area contributed by atoms with Gasteiger partial charge in [-0.15, -0.1) is 11.3 Å². The third kappa shape index (κ3) is 5.21. The Labute approximate surface area is 192 Å². The molecule has 0 saturated carbocycles. The van der Waals surface area contributed by atoms with Gasteiger partial charge in [-0.25, -0.2) is 9.38 Å². The molecule has 7 nitrogen and oxygen atoms in total. The van der Waals surface area contributed by atoms with Crippen LogP contribution in [0.4, 0.5) is 4.39 Å². The van der Waals surface area contributed by atoms with Gasteiger partial charge in [0.1, 0.15) is 16.2 Å². The minimum absolute atomic E-state index is 0.0370. The molecule has 33 heavy (non-hydrogen) atoms. The van der Waals surface area contributed by atoms with Crippen LogP contribution in [0, 0.1) is 5.82 Å². The van der Waals surface area contributed by atoms with Gasteiger partial charge in [0.15, 0.2) is 18.9 Å². The molecule has 9 heteroatoms. The van der Waals surface area contributed by atoms with Crippen LogP contribution in [-0.4, -0.2) is 33.3 Å². The second-order valence-electron chi connectivity index (χ2n) is 7.48. The lowest BCUT2D eigenvalue weighted by molar-refractivity contribution is -0.464. The molecule has 0 spiro atoms. The molecule has 0 saturated heterocycles. The van der Waals surface area contributed by atoms with Crippen LogP contribution in [-0.2, 0) is 13.6 Å². The number of hydrogen-bond acceptors (Lipinski definition) is 5. The van der Waals surface area contributed by atoms with Gasteiger partial charge in [0, 0.05) is 26.0 Å². The van der Waals surface area contributed by atoms with E-state index in [0.717, 1.165) is 15.3 Å². The van der Waals surface area contributed by atoms with E-state index in [4.69, 9.17) is 0 Å². The molecule has 0 aliphatic carbocycles. The second-order valence-corrected chi connectivity index (χ2v) is 8.54. The van der Waals surface area contributed by atoms with Crippen LogP contribution in [0.5, 0.6) is 0 Å². The highest BCUT2D eigenvalue weighted by Gasteiger charge is 2.17. The number of amides is 1. The van der Waals surface area contributed by atoms with Crippen molar-refractivity contribution < 1.29 is 19.3 Å². The van der Waals surface area contributed by atoms with Crippen LogP contribution in [0.25, 0.3) is 10.2 Å². The van der Waals surface area contributed by atoms with Crippen LogP contribution in [0.1, 0.15) is 32.6 Å². The first-order chi connectivity index (χ1) is 15.9. The van der Waals surface area contributed by atoms with Crippen LogP contribution in [0.3, 0.4) is 0 Å². The van der Waals surface area contributed by atoms with Gasteiger partial charge in [0.2, 0.25) is 5.43 Å². The van der Waals surface area contributed by atoms with Gasteiger partial charge < -0.3 is 15.0 Å². The SMILES string of the molecule is Cn1cc(C(=O)NCc2ccc(F)cc2)c(=O)c2cc(C=[NH+]C[C@@H](O)c3ccccn3)sc21. The quantitative estimate of drug-likeness (QED) is 0.359. The minimum Gasteiger partial charge on any atom is -0.380 e. The summed E-state index contributed by atoms with van der Waals surface area (Å²) in [7, 11) is 1.77. The summed E-state index contributed by atoms with van der Waals surface area (Å²) >= 11 is 1.40. The molecule has 1 aromatic carbocycles. The summed E-state index contributed by atoms with van der Waals surface area (Å²) in [5, 5.41) is 13.4. The highest BCUT2D eigenvalue weighted by Crippen LogP contribution is 2.21. The summed E-state index contributed by atoms with van der Waals surface area (Å²) in [4.78, 5) is 34.3. The third-order valence-corrected chi connectivity index (χ3v) is 6.23. The first-order valence-corrected chi connectivity index (χ1v) is 11.1. The zero-order valence-electron chi connectivity index (χ0n) is 17.8. The van der Waals surface area contributed by atoms with Gasteiger partial charge in [-0.05, 0) is 35.9 Å². The fraction of sp³-hybridized carbons (Fsp3) is 0.167. The summed E-state index contributed by atoms with van der Waals surface area (Å²) in [5.74, 6) is -0.842. The van der Waals surface area contributed by atoms with E-state index in [1.54, 1.807) is 54.4 Å². The fourth-order valence-corrected chi connectivity index (χ4v) is 4.34. The Balaban J connectivity index is 1.50. The van der Waals surface area contributed by atoms with E-state index in [2.05, 4.69) is 15.3 Å². The van der Waals surface area contributed by atoms with Gasteiger partial charge >= 0.3 is 0 Å². The number of aryl methyl sites for hydroxylation is 1. The predicted molar refractivity (Wildman–Crippen MR) is 125 cm³/mol. The van der Waals surface area contributed by atoms with E-state index in [9.17, 15) is 19.1 Å². The highest BCUT2D eigenvalue weighted by atomic mass is 32.1. The number of carbonyl (C=O) groups excluding carboxylic acids is 1. The molecule has 0 fully saturated rings. The van der Waals surface area contributed by atoms with E-state index in [1.807, 2.05) is 6.07 Å². The van der Waals surface area contributed by atoms with E-state index in [0.29, 0.717) is 11.1 Å². The number of rotatable bonds is 7. The molecule has 4 rings (SSSR count). The predicted octanol–water partition coefficient (Wildman–Crippen LogP) is 1.30. The van der Waals surface area contributed by atoms with Crippen molar-refractivity contribution in [1.82, 2.24) is 14.9 Å². The van der Waals surface area contributed by atoms with Crippen LogP contribution < -0.4 is 15.7 Å². The van der Waals surface area contributed by atoms with Crippen molar-refractivity contribution >= 4 is 33.7 Å². The Bertz CT molecular complexity index is 1360. The lowest BCUT2D eigenvalue weighted by Gasteiger charge is -2.07. The fourth-order valence-electron chi connectivity index (χ4n) is 3.34. The maximum absolute atomic E-state index is 13.0. The van der Waals surface area contributed by atoms with Crippen molar-refractivity contribution in [2.45, 2.75) is 12.6 Å². The minimum atomic E-state index is -0.764. The largest absolute Gasteiger partial charge is 0.380 e. The number of aliphatic hydroxyl groups excluding tert-OH is 1. The molecule has 0 aliphatic rings. The molecular formula is C24H22FN4O3S+. The lowest BCUT2D eigenvalue weighted by atomic mass is 10.2. The van der Waals surface area contributed by atoms with Crippen molar-refractivity contribution in [2.24, 2.45) is 7.05 Å². The Morgan fingerprint density at radius 1 is 1.30 bits per heavy atom. The maximum atomic E-state index is 13.0. The highest BCUT2D eigenvalue weighted by molar-refractivity contribution is 7.20. The van der Waals surface area contributed by atoms with Gasteiger partial charge in [-0.3, -0.25) is 14.6 Å². The Morgan fingerprint density at radius 2 is 2.09 bits per heavy atom. The zero-order chi connectivity index (χ0) is 23.4. The molecule has 3 aromatic heterocycles. The molecule has 0 radical (unpaired) electrons. The monoisotopic (exact) mass is 465 g/mol. The molecule has 3 heterocycles. The van der Waals surface area contributed by atoms with Crippen LogP contribution in [0.2, 0.25) is 0 Å². The Hall–Kier alpha value is -3.69. The summed E-state index contributed by atoms with van der Waals surface area (Å²) in [5.41, 5.74) is 0.979. The summed E-state index contributed by atoms with van der Waals surface area (Å²) in [6.45, 7) is 0.449. The smallest absolute Gasteiger partial charge is 0.257 e. The summed E-state index contributed by atoms with van der Waals surface area (Å²) in [6, 6.07) is 12.9. The molecule has 168 valence electrons. The average Bonchev–Trinajstić information content (AvgIpc) is 3.26. The van der Waals surface area contributed by atoms with E-state index in [-0.39, 0.29) is 29.9 Å². The number of benzene rings is 1. The molecule has 3 N–H and O–H groups in total. The van der Waals surface area contributed by atoms with Crippen molar-refractivity contribution in [2.75, 3.05) is 6.54 Å². The number of pyridine rings is 2. The van der Waals surface area contributed by atoms with Gasteiger partial charge in [-0.2, -0.15) is 0 Å². The van der Waals surface area contributed by atoms with E-state index < -0.39 is 12.0 Å². The molecule has 0 unspecified atom stereocenters. The molecule has 1 amide bonds. The zero-order valence-corrected chi connectivity index (χ0v) is 18.6. The number of aromatic nitrogens is 2. The number of nitrogens with zero attached hydrogens (tertiary/aromatic N) is 2. The molecular weight excluding hydrogens is 443 g/mol. The number of fused-ring (bicyclic) bond motifs is 1. The van der Waals surface area contributed by atoms with E-state index in [1.165, 1.54) is 29.7 Å². The Morgan fingerprint density at radius 3 is 2.82 bits per heavy atom. The number of aliphatic hydroxyl groups is 1. The number of carbonyl (C=O) groups is 1. The van der Waals surface area contributed by atoms with Gasteiger partial charge in [-0.1, -0.05) is 18.2 Å². The topological polar surface area (TPSA) is 98.2 Å².